The van der Waals surface area contributed by atoms with Crippen LogP contribution in [0.4, 0.5) is 0 Å². The average Bonchev–Trinajstić information content (AvgIpc) is 3.36. The second kappa shape index (κ2) is 12.2. The first-order valence-corrected chi connectivity index (χ1v) is 12.9. The van der Waals surface area contributed by atoms with Crippen molar-refractivity contribution in [1.29, 1.82) is 0 Å². The van der Waals surface area contributed by atoms with E-state index in [-0.39, 0.29) is 24.3 Å². The van der Waals surface area contributed by atoms with Gasteiger partial charge in [0.15, 0.2) is 0 Å². The van der Waals surface area contributed by atoms with Gasteiger partial charge < -0.3 is 10.2 Å². The zero-order valence-corrected chi connectivity index (χ0v) is 21.1. The van der Waals surface area contributed by atoms with Gasteiger partial charge in [-0.3, -0.25) is 9.59 Å². The summed E-state index contributed by atoms with van der Waals surface area (Å²) in [4.78, 5) is 29.1. The Morgan fingerprint density at radius 1 is 0.829 bits per heavy atom. The van der Waals surface area contributed by atoms with Gasteiger partial charge in [-0.25, -0.2) is 0 Å². The number of benzene rings is 3. The van der Waals surface area contributed by atoms with Crippen molar-refractivity contribution < 1.29 is 9.59 Å². The summed E-state index contributed by atoms with van der Waals surface area (Å²) in [6, 6.07) is 24.1. The first-order valence-electron chi connectivity index (χ1n) is 12.1. The third-order valence-electron chi connectivity index (χ3n) is 6.48. The topological polar surface area (TPSA) is 49.4 Å². The standard InChI is InChI=1S/C29H30Cl2N2O2/c30-24-15-13-22(14-16-24)20-33(28(34)19-23-9-6-10-25(31)17-23)27(18-21-7-2-1-3-8-21)29(35)32-26-11-4-5-12-26/h1-3,6-10,13-17,26-27H,4-5,11-12,18-20H2,(H,32,35)/t27-/m0/s1. The molecule has 0 aliphatic heterocycles. The average molecular weight is 509 g/mol. The van der Waals surface area contributed by atoms with Crippen molar-refractivity contribution in [3.05, 3.63) is 106 Å². The molecule has 0 spiro atoms. The minimum Gasteiger partial charge on any atom is -0.352 e. The molecule has 35 heavy (non-hydrogen) atoms. The molecule has 4 rings (SSSR count). The largest absolute Gasteiger partial charge is 0.352 e. The van der Waals surface area contributed by atoms with Crippen molar-refractivity contribution in [2.45, 2.75) is 57.2 Å². The summed E-state index contributed by atoms with van der Waals surface area (Å²) >= 11 is 12.3. The van der Waals surface area contributed by atoms with Crippen LogP contribution in [0.5, 0.6) is 0 Å². The van der Waals surface area contributed by atoms with Crippen molar-refractivity contribution in [2.24, 2.45) is 0 Å². The van der Waals surface area contributed by atoms with Gasteiger partial charge in [0.05, 0.1) is 6.42 Å². The lowest BCUT2D eigenvalue weighted by Crippen LogP contribution is -2.52. The lowest BCUT2D eigenvalue weighted by molar-refractivity contribution is -0.141. The molecule has 182 valence electrons. The van der Waals surface area contributed by atoms with Gasteiger partial charge in [-0.2, -0.15) is 0 Å². The van der Waals surface area contributed by atoms with E-state index in [1.165, 1.54) is 0 Å². The highest BCUT2D eigenvalue weighted by molar-refractivity contribution is 6.30. The van der Waals surface area contributed by atoms with Crippen molar-refractivity contribution in [3.8, 4) is 0 Å². The molecule has 0 bridgehead atoms. The van der Waals surface area contributed by atoms with E-state index in [2.05, 4.69) is 5.32 Å². The van der Waals surface area contributed by atoms with Gasteiger partial charge in [0.2, 0.25) is 11.8 Å². The van der Waals surface area contributed by atoms with E-state index < -0.39 is 6.04 Å². The summed E-state index contributed by atoms with van der Waals surface area (Å²) in [7, 11) is 0. The molecular weight excluding hydrogens is 479 g/mol. The fraction of sp³-hybridized carbons (Fsp3) is 0.310. The van der Waals surface area contributed by atoms with E-state index in [1.807, 2.05) is 54.6 Å². The molecule has 0 aromatic heterocycles. The van der Waals surface area contributed by atoms with Crippen molar-refractivity contribution >= 4 is 35.0 Å². The zero-order valence-electron chi connectivity index (χ0n) is 19.6. The molecule has 3 aromatic carbocycles. The van der Waals surface area contributed by atoms with Crippen LogP contribution >= 0.6 is 23.2 Å². The first-order chi connectivity index (χ1) is 17.0. The third kappa shape index (κ3) is 7.33. The lowest BCUT2D eigenvalue weighted by Gasteiger charge is -2.32. The highest BCUT2D eigenvalue weighted by atomic mass is 35.5. The summed E-state index contributed by atoms with van der Waals surface area (Å²) in [6.45, 7) is 0.312. The molecule has 3 aromatic rings. The summed E-state index contributed by atoms with van der Waals surface area (Å²) in [6.07, 6.45) is 4.81. The second-order valence-electron chi connectivity index (χ2n) is 9.15. The van der Waals surface area contributed by atoms with Crippen LogP contribution in [0.25, 0.3) is 0 Å². The second-order valence-corrected chi connectivity index (χ2v) is 10.0. The highest BCUT2D eigenvalue weighted by Crippen LogP contribution is 2.21. The van der Waals surface area contributed by atoms with Crippen LogP contribution in [-0.4, -0.2) is 28.8 Å². The summed E-state index contributed by atoms with van der Waals surface area (Å²) in [5, 5.41) is 4.44. The third-order valence-corrected chi connectivity index (χ3v) is 6.97. The Labute approximate surface area is 217 Å². The van der Waals surface area contributed by atoms with Crippen molar-refractivity contribution in [2.75, 3.05) is 0 Å². The van der Waals surface area contributed by atoms with Crippen LogP contribution in [0.3, 0.4) is 0 Å². The Balaban J connectivity index is 1.65. The molecule has 1 aliphatic rings. The Kier molecular flexibility index (Phi) is 8.84. The van der Waals surface area contributed by atoms with Crippen molar-refractivity contribution in [3.63, 3.8) is 0 Å². The molecule has 0 radical (unpaired) electrons. The van der Waals surface area contributed by atoms with Gasteiger partial charge in [-0.05, 0) is 53.8 Å². The molecule has 1 aliphatic carbocycles. The molecular formula is C29H30Cl2N2O2. The quantitative estimate of drug-likeness (QED) is 0.372. The monoisotopic (exact) mass is 508 g/mol. The van der Waals surface area contributed by atoms with Crippen molar-refractivity contribution in [1.82, 2.24) is 10.2 Å². The Morgan fingerprint density at radius 3 is 2.20 bits per heavy atom. The van der Waals surface area contributed by atoms with Crippen LogP contribution in [0.15, 0.2) is 78.9 Å². The lowest BCUT2D eigenvalue weighted by atomic mass is 10.0. The van der Waals surface area contributed by atoms with Gasteiger partial charge >= 0.3 is 0 Å². The molecule has 1 atom stereocenters. The van der Waals surface area contributed by atoms with Gasteiger partial charge in [0.1, 0.15) is 6.04 Å². The fourth-order valence-corrected chi connectivity index (χ4v) is 4.97. The Bertz CT molecular complexity index is 1130. The maximum atomic E-state index is 13.7. The number of carbonyl (C=O) groups excluding carboxylic acids is 2. The Morgan fingerprint density at radius 2 is 1.51 bits per heavy atom. The molecule has 1 saturated carbocycles. The van der Waals surface area contributed by atoms with Crippen LogP contribution < -0.4 is 5.32 Å². The minimum absolute atomic E-state index is 0.103. The van der Waals surface area contributed by atoms with Crippen LogP contribution in [0.2, 0.25) is 10.0 Å². The highest BCUT2D eigenvalue weighted by Gasteiger charge is 2.32. The summed E-state index contributed by atoms with van der Waals surface area (Å²) in [5.41, 5.74) is 2.74. The molecule has 1 fully saturated rings. The number of nitrogens with one attached hydrogen (secondary N) is 1. The number of rotatable bonds is 9. The summed E-state index contributed by atoms with van der Waals surface area (Å²) in [5.74, 6) is -0.223. The smallest absolute Gasteiger partial charge is 0.243 e. The maximum absolute atomic E-state index is 13.7. The Hall–Kier alpha value is -2.82. The molecule has 2 amide bonds. The summed E-state index contributed by atoms with van der Waals surface area (Å²) < 4.78 is 0. The fourth-order valence-electron chi connectivity index (χ4n) is 4.63. The van der Waals surface area contributed by atoms with E-state index >= 15 is 0 Å². The van der Waals surface area contributed by atoms with Gasteiger partial charge in [-0.15, -0.1) is 0 Å². The first kappa shape index (κ1) is 25.3. The minimum atomic E-state index is -0.639. The number of nitrogens with zero attached hydrogens (tertiary/aromatic N) is 1. The van der Waals surface area contributed by atoms with E-state index in [9.17, 15) is 9.59 Å². The predicted molar refractivity (Wildman–Crippen MR) is 141 cm³/mol. The number of carbonyl (C=O) groups is 2. The molecule has 6 heteroatoms. The van der Waals surface area contributed by atoms with Gasteiger partial charge in [-0.1, -0.05) is 90.6 Å². The normalized spacial score (nSPS) is 14.5. The molecule has 0 saturated heterocycles. The van der Waals surface area contributed by atoms with Gasteiger partial charge in [0, 0.05) is 29.1 Å². The van der Waals surface area contributed by atoms with Gasteiger partial charge in [0.25, 0.3) is 0 Å². The predicted octanol–water partition coefficient (Wildman–Crippen LogP) is 6.23. The zero-order chi connectivity index (χ0) is 24.6. The number of halogens is 2. The number of amides is 2. The van der Waals surface area contributed by atoms with Crippen LogP contribution in [-0.2, 0) is 29.0 Å². The van der Waals surface area contributed by atoms with Crippen LogP contribution in [0, 0.1) is 0 Å². The maximum Gasteiger partial charge on any atom is 0.243 e. The number of hydrogen-bond donors (Lipinski definition) is 1. The van der Waals surface area contributed by atoms with E-state index in [0.29, 0.717) is 23.0 Å². The molecule has 0 heterocycles. The van der Waals surface area contributed by atoms with E-state index in [1.54, 1.807) is 29.2 Å². The number of hydrogen-bond acceptors (Lipinski definition) is 2. The van der Waals surface area contributed by atoms with Crippen LogP contribution in [0.1, 0.15) is 42.4 Å². The SMILES string of the molecule is O=C(NC1CCCC1)[C@H](Cc1ccccc1)N(Cc1ccc(Cl)cc1)C(=O)Cc1cccc(Cl)c1. The molecule has 0 unspecified atom stereocenters. The van der Waals surface area contributed by atoms with E-state index in [0.717, 1.165) is 42.4 Å². The van der Waals surface area contributed by atoms with E-state index in [4.69, 9.17) is 23.2 Å². The molecule has 4 nitrogen and oxygen atoms in total. The molecule has 1 N–H and O–H groups in total.